The number of hydrogen-bond acceptors (Lipinski definition) is 3. The Bertz CT molecular complexity index is 798. The van der Waals surface area contributed by atoms with E-state index in [1.807, 2.05) is 10.6 Å². The Kier molecular flexibility index (Phi) is 6.58. The molecule has 2 aromatic rings. The minimum absolute atomic E-state index is 0.217. The molecule has 0 saturated carbocycles. The Balaban J connectivity index is 2.32. The van der Waals surface area contributed by atoms with Gasteiger partial charge < -0.3 is 4.57 Å². The van der Waals surface area contributed by atoms with E-state index in [2.05, 4.69) is 18.5 Å². The van der Waals surface area contributed by atoms with Crippen molar-refractivity contribution in [2.45, 2.75) is 65.0 Å². The molecule has 2 rings (SSSR count). The third-order valence-corrected chi connectivity index (χ3v) is 4.39. The predicted octanol–water partition coefficient (Wildman–Crippen LogP) is 2.83. The lowest BCUT2D eigenvalue weighted by molar-refractivity contribution is 0.537. The van der Waals surface area contributed by atoms with Gasteiger partial charge >= 0.3 is 5.69 Å². The molecule has 0 spiro atoms. The number of allylic oxidation sites excluding steroid dienone is 1. The molecule has 132 valence electrons. The van der Waals surface area contributed by atoms with Crippen molar-refractivity contribution in [2.24, 2.45) is 7.05 Å². The minimum atomic E-state index is -0.277. The number of rotatable bonds is 10. The van der Waals surface area contributed by atoms with Gasteiger partial charge in [-0.1, -0.05) is 32.3 Å². The van der Waals surface area contributed by atoms with Gasteiger partial charge in [-0.05, 0) is 25.7 Å². The van der Waals surface area contributed by atoms with Crippen molar-refractivity contribution in [1.29, 1.82) is 0 Å². The lowest BCUT2D eigenvalue weighted by Gasteiger charge is -2.09. The molecule has 0 saturated heterocycles. The van der Waals surface area contributed by atoms with Crippen molar-refractivity contribution in [1.82, 2.24) is 18.7 Å². The van der Waals surface area contributed by atoms with E-state index >= 15 is 0 Å². The minimum Gasteiger partial charge on any atom is -0.325 e. The second-order valence-electron chi connectivity index (χ2n) is 6.25. The van der Waals surface area contributed by atoms with Gasteiger partial charge in [0, 0.05) is 20.1 Å². The molecule has 0 amide bonds. The Hall–Kier alpha value is -2.11. The van der Waals surface area contributed by atoms with Crippen LogP contribution in [0.25, 0.3) is 11.2 Å². The summed E-state index contributed by atoms with van der Waals surface area (Å²) in [5, 5.41) is 0. The van der Waals surface area contributed by atoms with Crippen molar-refractivity contribution in [3.05, 3.63) is 39.8 Å². The SMILES string of the molecule is C=CCCCCn1cnc2c1c(=O)n(CCCCCC)c(=O)n2C. The second-order valence-corrected chi connectivity index (χ2v) is 6.25. The molecule has 0 aromatic carbocycles. The third-order valence-electron chi connectivity index (χ3n) is 4.39. The summed E-state index contributed by atoms with van der Waals surface area (Å²) in [4.78, 5) is 29.5. The summed E-state index contributed by atoms with van der Waals surface area (Å²) in [7, 11) is 1.68. The first-order valence-corrected chi connectivity index (χ1v) is 8.87. The zero-order valence-corrected chi connectivity index (χ0v) is 14.8. The van der Waals surface area contributed by atoms with Crippen LogP contribution in [0.5, 0.6) is 0 Å². The molecular weight excluding hydrogens is 304 g/mol. The van der Waals surface area contributed by atoms with Crippen molar-refractivity contribution in [2.75, 3.05) is 0 Å². The average Bonchev–Trinajstić information content (AvgIpc) is 3.00. The highest BCUT2D eigenvalue weighted by Crippen LogP contribution is 2.09. The van der Waals surface area contributed by atoms with E-state index in [1.54, 1.807) is 13.4 Å². The molecule has 2 heterocycles. The molecule has 0 radical (unpaired) electrons. The standard InChI is InChI=1S/C18H28N4O2/c1-4-6-8-10-12-21-14-19-16-15(21)17(23)22(18(24)20(16)3)13-11-9-7-5-2/h4,14H,1,5-13H2,2-3H3. The van der Waals surface area contributed by atoms with Gasteiger partial charge in [-0.3, -0.25) is 13.9 Å². The van der Waals surface area contributed by atoms with Crippen LogP contribution >= 0.6 is 0 Å². The van der Waals surface area contributed by atoms with Crippen molar-refractivity contribution in [3.8, 4) is 0 Å². The molecule has 0 atom stereocenters. The van der Waals surface area contributed by atoms with Crippen LogP contribution in [-0.2, 0) is 20.1 Å². The van der Waals surface area contributed by atoms with Crippen LogP contribution in [0.2, 0.25) is 0 Å². The van der Waals surface area contributed by atoms with Crippen LogP contribution in [0.1, 0.15) is 51.9 Å². The van der Waals surface area contributed by atoms with Crippen molar-refractivity contribution < 1.29 is 0 Å². The predicted molar refractivity (Wildman–Crippen MR) is 97.4 cm³/mol. The summed E-state index contributed by atoms with van der Waals surface area (Å²) in [5.41, 5.74) is 0.511. The van der Waals surface area contributed by atoms with Crippen molar-refractivity contribution in [3.63, 3.8) is 0 Å². The van der Waals surface area contributed by atoms with Gasteiger partial charge in [0.25, 0.3) is 5.56 Å². The number of hydrogen-bond donors (Lipinski definition) is 0. The number of imidazole rings is 1. The molecule has 0 bridgehead atoms. The second kappa shape index (κ2) is 8.66. The summed E-state index contributed by atoms with van der Waals surface area (Å²) in [6.45, 7) is 7.07. The van der Waals surface area contributed by atoms with Gasteiger partial charge in [0.05, 0.1) is 6.33 Å². The molecule has 0 unspecified atom stereocenters. The molecule has 0 aliphatic heterocycles. The zero-order valence-electron chi connectivity index (χ0n) is 14.8. The fourth-order valence-electron chi connectivity index (χ4n) is 2.96. The lowest BCUT2D eigenvalue weighted by atomic mass is 10.2. The molecule has 24 heavy (non-hydrogen) atoms. The highest BCUT2D eigenvalue weighted by molar-refractivity contribution is 5.69. The van der Waals surface area contributed by atoms with E-state index in [4.69, 9.17) is 0 Å². The normalized spacial score (nSPS) is 11.2. The smallest absolute Gasteiger partial charge is 0.325 e. The Morgan fingerprint density at radius 1 is 1.12 bits per heavy atom. The van der Waals surface area contributed by atoms with Crippen LogP contribution in [0.4, 0.5) is 0 Å². The third kappa shape index (κ3) is 3.86. The van der Waals surface area contributed by atoms with E-state index in [0.717, 1.165) is 51.5 Å². The highest BCUT2D eigenvalue weighted by atomic mass is 16.2. The number of nitrogens with zero attached hydrogens (tertiary/aromatic N) is 4. The summed E-state index contributed by atoms with van der Waals surface area (Å²) in [6, 6.07) is 0. The Labute approximate surface area is 142 Å². The maximum atomic E-state index is 12.8. The van der Waals surface area contributed by atoms with E-state index in [0.29, 0.717) is 17.7 Å². The molecule has 0 N–H and O–H groups in total. The van der Waals surface area contributed by atoms with Gasteiger partial charge in [-0.25, -0.2) is 9.78 Å². The zero-order chi connectivity index (χ0) is 17.5. The molecule has 0 aliphatic carbocycles. The number of aromatic nitrogens is 4. The van der Waals surface area contributed by atoms with Gasteiger partial charge in [-0.2, -0.15) is 0 Å². The van der Waals surface area contributed by atoms with E-state index in [9.17, 15) is 9.59 Å². The maximum absolute atomic E-state index is 12.8. The fraction of sp³-hybridized carbons (Fsp3) is 0.611. The maximum Gasteiger partial charge on any atom is 0.332 e. The largest absolute Gasteiger partial charge is 0.332 e. The molecule has 6 heteroatoms. The van der Waals surface area contributed by atoms with E-state index in [1.165, 1.54) is 9.13 Å². The summed E-state index contributed by atoms with van der Waals surface area (Å²) in [6.07, 6.45) is 10.7. The first-order valence-electron chi connectivity index (χ1n) is 8.87. The Morgan fingerprint density at radius 2 is 1.88 bits per heavy atom. The fourth-order valence-corrected chi connectivity index (χ4v) is 2.96. The van der Waals surface area contributed by atoms with Crippen LogP contribution in [0, 0.1) is 0 Å². The van der Waals surface area contributed by atoms with Gasteiger partial charge in [0.15, 0.2) is 11.2 Å². The summed E-state index contributed by atoms with van der Waals surface area (Å²) >= 11 is 0. The van der Waals surface area contributed by atoms with E-state index in [-0.39, 0.29) is 11.2 Å². The molecule has 2 aromatic heterocycles. The molecule has 0 aliphatic rings. The van der Waals surface area contributed by atoms with Crippen molar-refractivity contribution >= 4 is 11.2 Å². The number of aryl methyl sites for hydroxylation is 2. The van der Waals surface area contributed by atoms with E-state index < -0.39 is 0 Å². The monoisotopic (exact) mass is 332 g/mol. The van der Waals surface area contributed by atoms with Crippen LogP contribution in [0.15, 0.2) is 28.6 Å². The topological polar surface area (TPSA) is 61.8 Å². The average molecular weight is 332 g/mol. The number of unbranched alkanes of at least 4 members (excludes halogenated alkanes) is 5. The quantitative estimate of drug-likeness (QED) is 0.496. The van der Waals surface area contributed by atoms with Gasteiger partial charge in [0.2, 0.25) is 0 Å². The summed E-state index contributed by atoms with van der Waals surface area (Å²) in [5.74, 6) is 0. The summed E-state index contributed by atoms with van der Waals surface area (Å²) < 4.78 is 4.72. The Morgan fingerprint density at radius 3 is 2.58 bits per heavy atom. The highest BCUT2D eigenvalue weighted by Gasteiger charge is 2.15. The van der Waals surface area contributed by atoms with Crippen LogP contribution in [0.3, 0.4) is 0 Å². The lowest BCUT2D eigenvalue weighted by Crippen LogP contribution is -2.39. The van der Waals surface area contributed by atoms with Crippen LogP contribution in [-0.4, -0.2) is 18.7 Å². The molecule has 0 fully saturated rings. The van der Waals surface area contributed by atoms with Gasteiger partial charge in [0.1, 0.15) is 0 Å². The first-order chi connectivity index (χ1) is 11.6. The first kappa shape index (κ1) is 18.2. The number of fused-ring (bicyclic) bond motifs is 1. The molecular formula is C18H28N4O2. The molecule has 6 nitrogen and oxygen atoms in total. The van der Waals surface area contributed by atoms with Gasteiger partial charge in [-0.15, -0.1) is 6.58 Å². The van der Waals surface area contributed by atoms with Crippen LogP contribution < -0.4 is 11.2 Å².